The highest BCUT2D eigenvalue weighted by molar-refractivity contribution is 9.10. The third-order valence-electron chi connectivity index (χ3n) is 3.45. The van der Waals surface area contributed by atoms with Gasteiger partial charge in [-0.2, -0.15) is 0 Å². The number of hydrogen-bond acceptors (Lipinski definition) is 2. The van der Waals surface area contributed by atoms with Gasteiger partial charge in [0.25, 0.3) is 5.91 Å². The Balaban J connectivity index is 2.73. The molecule has 0 aromatic heterocycles. The van der Waals surface area contributed by atoms with E-state index in [1.54, 1.807) is 25.1 Å². The van der Waals surface area contributed by atoms with E-state index in [4.69, 9.17) is 11.6 Å². The predicted octanol–water partition coefficient (Wildman–Crippen LogP) is 3.63. The Morgan fingerprint density at radius 2 is 2.21 bits per heavy atom. The Labute approximate surface area is 127 Å². The minimum absolute atomic E-state index is 0.107. The number of rotatable bonds is 5. The SMILES string of the molecule is CCC(C)C(C)(O)CNC(=O)c1cc(Cl)ccc1Br. The Kier molecular flexibility index (Phi) is 5.83. The van der Waals surface area contributed by atoms with E-state index in [1.165, 1.54) is 0 Å². The van der Waals surface area contributed by atoms with Crippen LogP contribution in [0.25, 0.3) is 0 Å². The maximum atomic E-state index is 12.1. The van der Waals surface area contributed by atoms with Crippen LogP contribution in [0.2, 0.25) is 5.02 Å². The van der Waals surface area contributed by atoms with E-state index in [0.717, 1.165) is 6.42 Å². The number of carbonyl (C=O) groups excluding carboxylic acids is 1. The number of nitrogens with one attached hydrogen (secondary N) is 1. The summed E-state index contributed by atoms with van der Waals surface area (Å²) in [6.07, 6.45) is 0.851. The molecule has 0 bridgehead atoms. The number of halogens is 2. The van der Waals surface area contributed by atoms with E-state index >= 15 is 0 Å². The molecule has 2 atom stereocenters. The van der Waals surface area contributed by atoms with Gasteiger partial charge in [0.05, 0.1) is 11.2 Å². The van der Waals surface area contributed by atoms with Crippen molar-refractivity contribution < 1.29 is 9.90 Å². The summed E-state index contributed by atoms with van der Waals surface area (Å²) in [6.45, 7) is 5.91. The third kappa shape index (κ3) is 4.48. The van der Waals surface area contributed by atoms with Crippen LogP contribution in [0, 0.1) is 5.92 Å². The molecule has 0 saturated carbocycles. The highest BCUT2D eigenvalue weighted by Gasteiger charge is 2.27. The van der Waals surface area contributed by atoms with Crippen LogP contribution in [-0.2, 0) is 0 Å². The van der Waals surface area contributed by atoms with Gasteiger partial charge in [-0.05, 0) is 47.0 Å². The number of benzene rings is 1. The molecule has 106 valence electrons. The molecule has 1 aromatic rings. The number of hydrogen-bond donors (Lipinski definition) is 2. The number of aliphatic hydroxyl groups is 1. The fourth-order valence-electron chi connectivity index (χ4n) is 1.64. The molecule has 2 N–H and O–H groups in total. The second-order valence-corrected chi connectivity index (χ2v) is 6.26. The minimum Gasteiger partial charge on any atom is -0.388 e. The molecule has 0 fully saturated rings. The quantitative estimate of drug-likeness (QED) is 0.853. The summed E-state index contributed by atoms with van der Waals surface area (Å²) in [5.74, 6) is -0.145. The van der Waals surface area contributed by atoms with E-state index in [0.29, 0.717) is 15.1 Å². The maximum Gasteiger partial charge on any atom is 0.252 e. The molecule has 0 radical (unpaired) electrons. The first-order valence-electron chi connectivity index (χ1n) is 6.23. The molecule has 0 spiro atoms. The lowest BCUT2D eigenvalue weighted by Crippen LogP contribution is -2.45. The van der Waals surface area contributed by atoms with Crippen molar-refractivity contribution in [3.8, 4) is 0 Å². The zero-order chi connectivity index (χ0) is 14.6. The maximum absolute atomic E-state index is 12.1. The van der Waals surface area contributed by atoms with Crippen LogP contribution in [0.1, 0.15) is 37.6 Å². The third-order valence-corrected chi connectivity index (χ3v) is 4.38. The van der Waals surface area contributed by atoms with Crippen molar-refractivity contribution >= 4 is 33.4 Å². The molecule has 3 nitrogen and oxygen atoms in total. The van der Waals surface area contributed by atoms with Crippen LogP contribution in [0.15, 0.2) is 22.7 Å². The zero-order valence-corrected chi connectivity index (χ0v) is 13.7. The molecule has 1 amide bonds. The molecule has 0 saturated heterocycles. The summed E-state index contributed by atoms with van der Waals surface area (Å²) in [6, 6.07) is 5.03. The molecule has 19 heavy (non-hydrogen) atoms. The summed E-state index contributed by atoms with van der Waals surface area (Å²) in [5, 5.41) is 13.5. The first kappa shape index (κ1) is 16.5. The van der Waals surface area contributed by atoms with Crippen molar-refractivity contribution in [1.82, 2.24) is 5.32 Å². The fraction of sp³-hybridized carbons (Fsp3) is 0.500. The van der Waals surface area contributed by atoms with Gasteiger partial charge in [0, 0.05) is 16.0 Å². The van der Waals surface area contributed by atoms with Crippen molar-refractivity contribution in [3.63, 3.8) is 0 Å². The highest BCUT2D eigenvalue weighted by Crippen LogP contribution is 2.22. The van der Waals surface area contributed by atoms with Crippen molar-refractivity contribution in [1.29, 1.82) is 0 Å². The minimum atomic E-state index is -0.921. The zero-order valence-electron chi connectivity index (χ0n) is 11.3. The van der Waals surface area contributed by atoms with Gasteiger partial charge in [-0.3, -0.25) is 4.79 Å². The van der Waals surface area contributed by atoms with Gasteiger partial charge in [-0.1, -0.05) is 31.9 Å². The van der Waals surface area contributed by atoms with E-state index < -0.39 is 5.60 Å². The molecular weight excluding hydrogens is 330 g/mol. The highest BCUT2D eigenvalue weighted by atomic mass is 79.9. The average Bonchev–Trinajstić information content (AvgIpc) is 2.37. The molecular formula is C14H19BrClNO2. The van der Waals surface area contributed by atoms with E-state index in [2.05, 4.69) is 21.2 Å². The summed E-state index contributed by atoms with van der Waals surface area (Å²) < 4.78 is 0.678. The van der Waals surface area contributed by atoms with Gasteiger partial charge in [0.2, 0.25) is 0 Å². The number of carbonyl (C=O) groups is 1. The van der Waals surface area contributed by atoms with Crippen LogP contribution < -0.4 is 5.32 Å². The lowest BCUT2D eigenvalue weighted by Gasteiger charge is -2.29. The molecule has 0 aliphatic rings. The van der Waals surface area contributed by atoms with Gasteiger partial charge in [0.15, 0.2) is 0 Å². The van der Waals surface area contributed by atoms with Gasteiger partial charge in [-0.15, -0.1) is 0 Å². The second-order valence-electron chi connectivity index (χ2n) is 4.97. The Morgan fingerprint density at radius 1 is 1.58 bits per heavy atom. The monoisotopic (exact) mass is 347 g/mol. The molecule has 0 heterocycles. The van der Waals surface area contributed by atoms with Crippen LogP contribution >= 0.6 is 27.5 Å². The Morgan fingerprint density at radius 3 is 2.79 bits per heavy atom. The molecule has 1 aromatic carbocycles. The molecule has 1 rings (SSSR count). The van der Waals surface area contributed by atoms with Crippen LogP contribution in [0.3, 0.4) is 0 Å². The van der Waals surface area contributed by atoms with Crippen LogP contribution in [0.5, 0.6) is 0 Å². The smallest absolute Gasteiger partial charge is 0.252 e. The normalized spacial score (nSPS) is 15.7. The molecule has 0 aliphatic carbocycles. The fourth-order valence-corrected chi connectivity index (χ4v) is 2.24. The first-order valence-corrected chi connectivity index (χ1v) is 7.40. The predicted molar refractivity (Wildman–Crippen MR) is 81.6 cm³/mol. The van der Waals surface area contributed by atoms with Gasteiger partial charge >= 0.3 is 0 Å². The van der Waals surface area contributed by atoms with Gasteiger partial charge in [0.1, 0.15) is 0 Å². The van der Waals surface area contributed by atoms with Crippen molar-refractivity contribution in [3.05, 3.63) is 33.3 Å². The van der Waals surface area contributed by atoms with Gasteiger partial charge < -0.3 is 10.4 Å². The first-order chi connectivity index (χ1) is 8.77. The van der Waals surface area contributed by atoms with E-state index in [9.17, 15) is 9.90 Å². The Bertz CT molecular complexity index is 463. The van der Waals surface area contributed by atoms with Gasteiger partial charge in [-0.25, -0.2) is 0 Å². The van der Waals surface area contributed by atoms with Crippen LogP contribution in [-0.4, -0.2) is 23.2 Å². The largest absolute Gasteiger partial charge is 0.388 e. The second kappa shape index (κ2) is 6.73. The lowest BCUT2D eigenvalue weighted by molar-refractivity contribution is 0.00592. The van der Waals surface area contributed by atoms with Crippen molar-refractivity contribution in [2.75, 3.05) is 6.54 Å². The average molecular weight is 349 g/mol. The summed E-state index contributed by atoms with van der Waals surface area (Å²) in [5.41, 5.74) is -0.456. The standard InChI is InChI=1S/C14H19BrClNO2/c1-4-9(2)14(3,19)8-17-13(18)11-7-10(16)5-6-12(11)15/h5-7,9,19H,4,8H2,1-3H3,(H,17,18). The Hall–Kier alpha value is -0.580. The number of amides is 1. The summed E-state index contributed by atoms with van der Waals surface area (Å²) in [4.78, 5) is 12.1. The van der Waals surface area contributed by atoms with E-state index in [1.807, 2.05) is 13.8 Å². The molecule has 5 heteroatoms. The molecule has 2 unspecified atom stereocenters. The summed E-state index contributed by atoms with van der Waals surface area (Å²) in [7, 11) is 0. The topological polar surface area (TPSA) is 49.3 Å². The van der Waals surface area contributed by atoms with E-state index in [-0.39, 0.29) is 18.4 Å². The molecule has 0 aliphatic heterocycles. The van der Waals surface area contributed by atoms with Crippen LogP contribution in [0.4, 0.5) is 0 Å². The summed E-state index contributed by atoms with van der Waals surface area (Å²) >= 11 is 9.19. The van der Waals surface area contributed by atoms with Crippen molar-refractivity contribution in [2.45, 2.75) is 32.8 Å². The lowest BCUT2D eigenvalue weighted by atomic mass is 9.88. The van der Waals surface area contributed by atoms with Crippen molar-refractivity contribution in [2.24, 2.45) is 5.92 Å².